The van der Waals surface area contributed by atoms with Crippen LogP contribution in [0.5, 0.6) is 0 Å². The molecule has 58 valence electrons. The minimum absolute atomic E-state index is 0.215. The van der Waals surface area contributed by atoms with E-state index in [4.69, 9.17) is 15.5 Å². The van der Waals surface area contributed by atoms with Crippen LogP contribution < -0.4 is 5.73 Å². The molecule has 10 heavy (non-hydrogen) atoms. The van der Waals surface area contributed by atoms with Crippen molar-refractivity contribution in [2.75, 3.05) is 0 Å². The number of nitrogens with two attached hydrogens (primary N) is 1. The van der Waals surface area contributed by atoms with E-state index in [9.17, 15) is 4.57 Å². The first-order chi connectivity index (χ1) is 4.42. The molecule has 5 heteroatoms. The highest BCUT2D eigenvalue weighted by Gasteiger charge is 2.61. The van der Waals surface area contributed by atoms with Crippen LogP contribution >= 0.6 is 7.60 Å². The van der Waals surface area contributed by atoms with Gasteiger partial charge in [0.05, 0.1) is 0 Å². The SMILES string of the molecule is C=C[C@H]1C[C@]1(N)P(=O)(O)O. The Morgan fingerprint density at radius 2 is 2.30 bits per heavy atom. The molecule has 0 aromatic rings. The van der Waals surface area contributed by atoms with Gasteiger partial charge >= 0.3 is 7.60 Å². The zero-order valence-electron chi connectivity index (χ0n) is 5.40. The predicted octanol–water partition coefficient (Wildman–Crippen LogP) is 0.0250. The fourth-order valence-electron chi connectivity index (χ4n) is 0.916. The van der Waals surface area contributed by atoms with E-state index in [2.05, 4.69) is 6.58 Å². The van der Waals surface area contributed by atoms with Crippen molar-refractivity contribution in [2.24, 2.45) is 11.7 Å². The van der Waals surface area contributed by atoms with E-state index in [0.717, 1.165) is 0 Å². The van der Waals surface area contributed by atoms with Crippen molar-refractivity contribution in [2.45, 2.75) is 11.7 Å². The number of rotatable bonds is 2. The normalized spacial score (nSPS) is 39.3. The molecule has 0 heterocycles. The molecule has 1 rings (SSSR count). The maximum absolute atomic E-state index is 10.6. The topological polar surface area (TPSA) is 83.6 Å². The van der Waals surface area contributed by atoms with Gasteiger partial charge in [0.1, 0.15) is 5.28 Å². The lowest BCUT2D eigenvalue weighted by molar-refractivity contribution is 0.352. The van der Waals surface area contributed by atoms with Crippen molar-refractivity contribution in [1.82, 2.24) is 0 Å². The Balaban J connectivity index is 2.77. The van der Waals surface area contributed by atoms with E-state index in [1.54, 1.807) is 0 Å². The third-order valence-corrected chi connectivity index (χ3v) is 3.45. The number of hydrogen-bond donors (Lipinski definition) is 3. The molecule has 1 aliphatic carbocycles. The molecular weight excluding hydrogens is 153 g/mol. The van der Waals surface area contributed by atoms with Crippen LogP contribution in [-0.2, 0) is 4.57 Å². The predicted molar refractivity (Wildman–Crippen MR) is 37.3 cm³/mol. The van der Waals surface area contributed by atoms with Gasteiger partial charge in [0.15, 0.2) is 0 Å². The molecule has 0 aromatic carbocycles. The minimum atomic E-state index is -4.10. The Hall–Kier alpha value is -0.150. The van der Waals surface area contributed by atoms with Crippen molar-refractivity contribution in [3.05, 3.63) is 12.7 Å². The molecule has 4 nitrogen and oxygen atoms in total. The van der Waals surface area contributed by atoms with Gasteiger partial charge in [0.2, 0.25) is 0 Å². The highest BCUT2D eigenvalue weighted by molar-refractivity contribution is 7.54. The maximum atomic E-state index is 10.6. The lowest BCUT2D eigenvalue weighted by Crippen LogP contribution is -2.24. The summed E-state index contributed by atoms with van der Waals surface area (Å²) in [5.74, 6) is -0.215. The van der Waals surface area contributed by atoms with Gasteiger partial charge in [0, 0.05) is 5.92 Å². The molecule has 1 fully saturated rings. The van der Waals surface area contributed by atoms with Gasteiger partial charge in [0.25, 0.3) is 0 Å². The van der Waals surface area contributed by atoms with Gasteiger partial charge in [-0.25, -0.2) is 0 Å². The van der Waals surface area contributed by atoms with Gasteiger partial charge < -0.3 is 15.5 Å². The fourth-order valence-corrected chi connectivity index (χ4v) is 1.89. The Morgan fingerprint density at radius 1 is 1.80 bits per heavy atom. The number of hydrogen-bond acceptors (Lipinski definition) is 2. The van der Waals surface area contributed by atoms with Gasteiger partial charge in [-0.15, -0.1) is 6.58 Å². The summed E-state index contributed by atoms with van der Waals surface area (Å²) in [7, 11) is -4.10. The second kappa shape index (κ2) is 1.92. The van der Waals surface area contributed by atoms with Gasteiger partial charge in [-0.3, -0.25) is 4.57 Å². The molecule has 0 spiro atoms. The third-order valence-electron chi connectivity index (χ3n) is 1.86. The van der Waals surface area contributed by atoms with Crippen molar-refractivity contribution < 1.29 is 14.4 Å². The molecular formula is C5H10NO3P. The van der Waals surface area contributed by atoms with Crippen LogP contribution in [0.2, 0.25) is 0 Å². The highest BCUT2D eigenvalue weighted by atomic mass is 31.2. The van der Waals surface area contributed by atoms with Crippen molar-refractivity contribution in [1.29, 1.82) is 0 Å². The molecule has 0 amide bonds. The van der Waals surface area contributed by atoms with Gasteiger partial charge in [-0.2, -0.15) is 0 Å². The Kier molecular flexibility index (Phi) is 1.53. The Bertz CT molecular complexity index is 211. The first-order valence-corrected chi connectivity index (χ1v) is 4.50. The summed E-state index contributed by atoms with van der Waals surface area (Å²) in [5.41, 5.74) is 5.34. The van der Waals surface area contributed by atoms with E-state index in [1.165, 1.54) is 6.08 Å². The fraction of sp³-hybridized carbons (Fsp3) is 0.600. The van der Waals surface area contributed by atoms with Crippen molar-refractivity contribution in [3.8, 4) is 0 Å². The van der Waals surface area contributed by atoms with Gasteiger partial charge in [-0.1, -0.05) is 6.08 Å². The summed E-state index contributed by atoms with van der Waals surface area (Å²) >= 11 is 0. The lowest BCUT2D eigenvalue weighted by atomic mass is 10.4. The van der Waals surface area contributed by atoms with Crippen LogP contribution in [0.25, 0.3) is 0 Å². The molecule has 1 saturated carbocycles. The third kappa shape index (κ3) is 0.935. The highest BCUT2D eigenvalue weighted by Crippen LogP contribution is 2.65. The van der Waals surface area contributed by atoms with E-state index in [1.807, 2.05) is 0 Å². The molecule has 0 saturated heterocycles. The molecule has 4 N–H and O–H groups in total. The monoisotopic (exact) mass is 163 g/mol. The zero-order valence-corrected chi connectivity index (χ0v) is 6.29. The summed E-state index contributed by atoms with van der Waals surface area (Å²) in [6.07, 6.45) is 1.83. The lowest BCUT2D eigenvalue weighted by Gasteiger charge is -2.11. The van der Waals surface area contributed by atoms with Crippen molar-refractivity contribution >= 4 is 7.60 Å². The average molecular weight is 163 g/mol. The van der Waals surface area contributed by atoms with E-state index >= 15 is 0 Å². The summed E-state index contributed by atoms with van der Waals surface area (Å²) < 4.78 is 10.6. The molecule has 2 atom stereocenters. The van der Waals surface area contributed by atoms with E-state index < -0.39 is 12.9 Å². The van der Waals surface area contributed by atoms with Crippen molar-refractivity contribution in [3.63, 3.8) is 0 Å². The molecule has 1 aliphatic rings. The van der Waals surface area contributed by atoms with E-state index in [0.29, 0.717) is 6.42 Å². The summed E-state index contributed by atoms with van der Waals surface area (Å²) in [6, 6.07) is 0. The second-order valence-corrected chi connectivity index (χ2v) is 4.50. The minimum Gasteiger partial charge on any atom is -0.323 e. The Morgan fingerprint density at radius 3 is 2.40 bits per heavy atom. The largest absolute Gasteiger partial charge is 0.345 e. The summed E-state index contributed by atoms with van der Waals surface area (Å²) in [4.78, 5) is 17.3. The van der Waals surface area contributed by atoms with Crippen LogP contribution in [-0.4, -0.2) is 15.1 Å². The molecule has 0 aromatic heterocycles. The van der Waals surface area contributed by atoms with Gasteiger partial charge in [-0.05, 0) is 6.42 Å². The average Bonchev–Trinajstić information content (AvgIpc) is 2.41. The second-order valence-electron chi connectivity index (χ2n) is 2.58. The molecule has 0 aliphatic heterocycles. The standard InChI is InChI=1S/C5H10NO3P/c1-2-4-3-5(4,6)10(7,8)9/h2,4H,1,3,6H2,(H2,7,8,9)/t4-,5-/m0/s1. The van der Waals surface area contributed by atoms with Crippen LogP contribution in [0.15, 0.2) is 12.7 Å². The quantitative estimate of drug-likeness (QED) is 0.396. The smallest absolute Gasteiger partial charge is 0.323 e. The van der Waals surface area contributed by atoms with Crippen LogP contribution in [0.1, 0.15) is 6.42 Å². The van der Waals surface area contributed by atoms with E-state index in [-0.39, 0.29) is 5.92 Å². The summed E-state index contributed by atoms with van der Waals surface area (Å²) in [5, 5.41) is -1.30. The van der Waals surface area contributed by atoms with Crippen LogP contribution in [0, 0.1) is 5.92 Å². The Labute approximate surface area is 58.9 Å². The maximum Gasteiger partial charge on any atom is 0.345 e. The zero-order chi connectivity index (χ0) is 7.99. The summed E-state index contributed by atoms with van der Waals surface area (Å²) in [6.45, 7) is 3.41. The molecule has 0 unspecified atom stereocenters. The molecule has 0 radical (unpaired) electrons. The van der Waals surface area contributed by atoms with Crippen LogP contribution in [0.3, 0.4) is 0 Å². The first-order valence-electron chi connectivity index (χ1n) is 2.89. The first kappa shape index (κ1) is 7.95. The van der Waals surface area contributed by atoms with Crippen LogP contribution in [0.4, 0.5) is 0 Å². The molecule has 0 bridgehead atoms.